The highest BCUT2D eigenvalue weighted by Crippen LogP contribution is 2.41. The number of halogens is 3. The first-order valence-electron chi connectivity index (χ1n) is 15.1. The number of H-pyrrole nitrogens is 1. The molecule has 13 heteroatoms. The second-order valence-electron chi connectivity index (χ2n) is 12.0. The standard InChI is InChI=1S/C30H35ClF2N8O2/c1-19(32)28(42)39-13-11-38(12-14-39)26-20-5-2-8-40(17-22-21-16-34-37-24(21)15-23(33)25(22)31)27(20)36-29(35-26)43-18-30-6-3-9-41(30)10-4-7-30/h15-16H,1-14,17-18H2,(H,34,37). The third-order valence-electron chi connectivity index (χ3n) is 9.57. The number of piperazine rings is 1. The van der Waals surface area contributed by atoms with Gasteiger partial charge in [0, 0.05) is 61.8 Å². The number of fused-ring (bicyclic) bond motifs is 3. The number of nitrogens with one attached hydrogen (secondary N) is 1. The molecule has 7 rings (SSSR count). The molecular formula is C30H35ClF2N8O2. The molecule has 0 aliphatic carbocycles. The molecule has 1 amide bonds. The summed E-state index contributed by atoms with van der Waals surface area (Å²) in [6.07, 6.45) is 7.82. The number of aromatic nitrogens is 4. The van der Waals surface area contributed by atoms with Gasteiger partial charge in [-0.25, -0.2) is 8.78 Å². The SMILES string of the molecule is C=C(F)C(=O)N1CCN(c2nc(OCC34CCCN3CCC4)nc3c2CCCN3Cc2c(Cl)c(F)cc3[nH]ncc23)CC1. The predicted octanol–water partition coefficient (Wildman–Crippen LogP) is 4.24. The lowest BCUT2D eigenvalue weighted by Crippen LogP contribution is -2.49. The Morgan fingerprint density at radius 2 is 1.81 bits per heavy atom. The molecule has 0 unspecified atom stereocenters. The van der Waals surface area contributed by atoms with Gasteiger partial charge in [0.25, 0.3) is 5.91 Å². The summed E-state index contributed by atoms with van der Waals surface area (Å²) in [7, 11) is 0. The minimum absolute atomic E-state index is 0.0296. The molecule has 6 heterocycles. The molecule has 1 N–H and O–H groups in total. The third-order valence-corrected chi connectivity index (χ3v) is 9.97. The molecule has 0 saturated carbocycles. The Kier molecular flexibility index (Phi) is 7.37. The molecule has 43 heavy (non-hydrogen) atoms. The van der Waals surface area contributed by atoms with Crippen LogP contribution in [0.1, 0.15) is 43.2 Å². The molecule has 4 aliphatic rings. The van der Waals surface area contributed by atoms with Gasteiger partial charge in [-0.05, 0) is 51.6 Å². The summed E-state index contributed by atoms with van der Waals surface area (Å²) in [4.78, 5) is 30.4. The molecule has 0 spiro atoms. The maximum Gasteiger partial charge on any atom is 0.320 e. The monoisotopic (exact) mass is 612 g/mol. The van der Waals surface area contributed by atoms with Crippen LogP contribution in [0.15, 0.2) is 24.7 Å². The Bertz CT molecular complexity index is 1560. The number of carbonyl (C=O) groups is 1. The van der Waals surface area contributed by atoms with Crippen molar-refractivity contribution in [1.82, 2.24) is 30.0 Å². The molecule has 3 aromatic rings. The van der Waals surface area contributed by atoms with Crippen LogP contribution in [0.25, 0.3) is 10.9 Å². The smallest absolute Gasteiger partial charge is 0.320 e. The molecule has 0 radical (unpaired) electrons. The van der Waals surface area contributed by atoms with E-state index in [1.165, 1.54) is 23.8 Å². The van der Waals surface area contributed by atoms with Crippen molar-refractivity contribution in [2.45, 2.75) is 50.6 Å². The van der Waals surface area contributed by atoms with Crippen LogP contribution in [0.3, 0.4) is 0 Å². The molecule has 0 bridgehead atoms. The average Bonchev–Trinajstić information content (AvgIpc) is 3.74. The number of hydrogen-bond acceptors (Lipinski definition) is 8. The highest BCUT2D eigenvalue weighted by molar-refractivity contribution is 6.32. The molecule has 4 aliphatic heterocycles. The summed E-state index contributed by atoms with van der Waals surface area (Å²) in [6, 6.07) is 1.67. The van der Waals surface area contributed by atoms with E-state index in [9.17, 15) is 13.6 Å². The summed E-state index contributed by atoms with van der Waals surface area (Å²) in [5, 5.41) is 7.79. The van der Waals surface area contributed by atoms with Crippen molar-refractivity contribution in [1.29, 1.82) is 0 Å². The van der Waals surface area contributed by atoms with Gasteiger partial charge in [-0.15, -0.1) is 0 Å². The van der Waals surface area contributed by atoms with Crippen LogP contribution in [0, 0.1) is 5.82 Å². The topological polar surface area (TPSA) is 93.7 Å². The summed E-state index contributed by atoms with van der Waals surface area (Å²) < 4.78 is 34.8. The zero-order valence-corrected chi connectivity index (χ0v) is 24.8. The lowest BCUT2D eigenvalue weighted by atomic mass is 9.95. The Morgan fingerprint density at radius 1 is 1.07 bits per heavy atom. The highest BCUT2D eigenvalue weighted by atomic mass is 35.5. The number of nitrogens with zero attached hydrogens (tertiary/aromatic N) is 7. The van der Waals surface area contributed by atoms with Crippen LogP contribution in [0.4, 0.5) is 20.4 Å². The number of benzene rings is 1. The first-order valence-corrected chi connectivity index (χ1v) is 15.4. The summed E-state index contributed by atoms with van der Waals surface area (Å²) in [5.41, 5.74) is 2.24. The fourth-order valence-corrected chi connectivity index (χ4v) is 7.57. The van der Waals surface area contributed by atoms with Gasteiger partial charge in [0.2, 0.25) is 0 Å². The van der Waals surface area contributed by atoms with Gasteiger partial charge in [0.1, 0.15) is 24.1 Å². The second kappa shape index (κ2) is 11.2. The van der Waals surface area contributed by atoms with Crippen molar-refractivity contribution < 1.29 is 18.3 Å². The van der Waals surface area contributed by atoms with Crippen molar-refractivity contribution in [3.8, 4) is 6.01 Å². The average molecular weight is 613 g/mol. The minimum Gasteiger partial charge on any atom is -0.461 e. The van der Waals surface area contributed by atoms with Crippen LogP contribution in [0.2, 0.25) is 5.02 Å². The van der Waals surface area contributed by atoms with Crippen LogP contribution >= 0.6 is 11.6 Å². The van der Waals surface area contributed by atoms with Crippen molar-refractivity contribution in [3.63, 3.8) is 0 Å². The van der Waals surface area contributed by atoms with Gasteiger partial charge in [0.05, 0.1) is 22.3 Å². The summed E-state index contributed by atoms with van der Waals surface area (Å²) >= 11 is 6.52. The van der Waals surface area contributed by atoms with E-state index in [0.29, 0.717) is 63.0 Å². The van der Waals surface area contributed by atoms with Crippen molar-refractivity contribution in [2.24, 2.45) is 0 Å². The van der Waals surface area contributed by atoms with E-state index in [4.69, 9.17) is 26.3 Å². The first-order chi connectivity index (χ1) is 20.8. The van der Waals surface area contributed by atoms with Crippen LogP contribution < -0.4 is 14.5 Å². The molecule has 3 saturated heterocycles. The van der Waals surface area contributed by atoms with Gasteiger partial charge in [-0.1, -0.05) is 18.2 Å². The number of rotatable bonds is 7. The number of ether oxygens (including phenoxy) is 1. The van der Waals surface area contributed by atoms with Crippen LogP contribution in [0.5, 0.6) is 6.01 Å². The number of hydrogen-bond donors (Lipinski definition) is 1. The van der Waals surface area contributed by atoms with Crippen molar-refractivity contribution >= 4 is 40.0 Å². The quantitative estimate of drug-likeness (QED) is 0.396. The Hall–Kier alpha value is -3.51. The van der Waals surface area contributed by atoms with Crippen LogP contribution in [-0.4, -0.2) is 93.8 Å². The third kappa shape index (κ3) is 5.08. The van der Waals surface area contributed by atoms with Gasteiger partial charge in [-0.3, -0.25) is 14.8 Å². The zero-order valence-electron chi connectivity index (χ0n) is 24.0. The molecule has 228 valence electrons. The van der Waals surface area contributed by atoms with E-state index >= 15 is 0 Å². The lowest BCUT2D eigenvalue weighted by molar-refractivity contribution is -0.128. The van der Waals surface area contributed by atoms with Gasteiger partial charge >= 0.3 is 6.01 Å². The maximum absolute atomic E-state index is 14.8. The second-order valence-corrected chi connectivity index (χ2v) is 12.4. The Balaban J connectivity index is 1.23. The summed E-state index contributed by atoms with van der Waals surface area (Å²) in [5.74, 6) is -0.616. The van der Waals surface area contributed by atoms with Crippen molar-refractivity contribution in [2.75, 3.05) is 62.2 Å². The summed E-state index contributed by atoms with van der Waals surface area (Å²) in [6.45, 7) is 8.62. The molecular weight excluding hydrogens is 578 g/mol. The van der Waals surface area contributed by atoms with Gasteiger partial charge < -0.3 is 19.4 Å². The van der Waals surface area contributed by atoms with Crippen LogP contribution in [-0.2, 0) is 17.8 Å². The minimum atomic E-state index is -0.950. The molecule has 2 aromatic heterocycles. The first kappa shape index (κ1) is 28.3. The van der Waals surface area contributed by atoms with Gasteiger partial charge in [0.15, 0.2) is 5.83 Å². The van der Waals surface area contributed by atoms with E-state index in [-0.39, 0.29) is 10.6 Å². The number of aromatic amines is 1. The molecule has 0 atom stereocenters. The largest absolute Gasteiger partial charge is 0.461 e. The van der Waals surface area contributed by atoms with E-state index in [1.807, 2.05) is 0 Å². The Morgan fingerprint density at radius 3 is 2.56 bits per heavy atom. The molecule has 10 nitrogen and oxygen atoms in total. The van der Waals surface area contributed by atoms with Gasteiger partial charge in [-0.2, -0.15) is 15.1 Å². The normalized spacial score (nSPS) is 20.0. The zero-order chi connectivity index (χ0) is 29.7. The maximum atomic E-state index is 14.8. The van der Waals surface area contributed by atoms with E-state index < -0.39 is 17.6 Å². The number of anilines is 2. The predicted molar refractivity (Wildman–Crippen MR) is 160 cm³/mol. The fourth-order valence-electron chi connectivity index (χ4n) is 7.36. The number of carbonyl (C=O) groups excluding carboxylic acids is 1. The van der Waals surface area contributed by atoms with E-state index in [1.54, 1.807) is 6.20 Å². The highest BCUT2D eigenvalue weighted by Gasteiger charge is 2.45. The van der Waals surface area contributed by atoms with E-state index in [2.05, 4.69) is 31.5 Å². The molecule has 1 aromatic carbocycles. The van der Waals surface area contributed by atoms with Crippen molar-refractivity contribution in [3.05, 3.63) is 46.6 Å². The molecule has 3 fully saturated rings. The number of amides is 1. The Labute approximate surface area is 253 Å². The fraction of sp³-hybridized carbons (Fsp3) is 0.533. The lowest BCUT2D eigenvalue weighted by Gasteiger charge is -2.38. The van der Waals surface area contributed by atoms with E-state index in [0.717, 1.165) is 61.4 Å².